The first-order valence-electron chi connectivity index (χ1n) is 19.1. The Bertz CT molecular complexity index is 1980. The van der Waals surface area contributed by atoms with Gasteiger partial charge < -0.3 is 29.0 Å². The van der Waals surface area contributed by atoms with Crippen LogP contribution in [0.2, 0.25) is 5.02 Å². The molecule has 8 rings (SSSR count). The molecule has 2 N–H and O–H groups in total. The number of aromatic nitrogens is 4. The summed E-state index contributed by atoms with van der Waals surface area (Å²) in [6, 6.07) is 2.87. The molecule has 3 aliphatic carbocycles. The second-order valence-electron chi connectivity index (χ2n) is 16.0. The summed E-state index contributed by atoms with van der Waals surface area (Å²) < 4.78 is 41.2. The lowest BCUT2D eigenvalue weighted by Gasteiger charge is -2.53. The molecule has 12 nitrogen and oxygen atoms in total. The second kappa shape index (κ2) is 14.7. The number of benzene rings is 1. The van der Waals surface area contributed by atoms with E-state index < -0.39 is 11.4 Å². The van der Waals surface area contributed by atoms with E-state index in [1.165, 1.54) is 7.11 Å². The van der Waals surface area contributed by atoms with Crippen molar-refractivity contribution in [1.29, 1.82) is 0 Å². The van der Waals surface area contributed by atoms with Gasteiger partial charge >= 0.3 is 6.01 Å². The average molecular weight is 752 g/mol. The third-order valence-electron chi connectivity index (χ3n) is 12.3. The quantitative estimate of drug-likeness (QED) is 0.272. The minimum Gasteiger partial charge on any atom is -0.480 e. The van der Waals surface area contributed by atoms with Gasteiger partial charge in [-0.15, -0.1) is 0 Å². The molecule has 53 heavy (non-hydrogen) atoms. The molecule has 3 atom stereocenters. The average Bonchev–Trinajstić information content (AvgIpc) is 3.73. The lowest BCUT2D eigenvalue weighted by Crippen LogP contribution is -2.59. The number of anilines is 1. The molecule has 2 aliphatic heterocycles. The Balaban J connectivity index is 1.24. The predicted molar refractivity (Wildman–Crippen MR) is 202 cm³/mol. The summed E-state index contributed by atoms with van der Waals surface area (Å²) in [5.41, 5.74) is 1.20. The molecule has 5 aliphatic rings. The highest BCUT2D eigenvalue weighted by molar-refractivity contribution is 6.32. The number of nitrogens with one attached hydrogen (secondary N) is 1. The monoisotopic (exact) mass is 751 g/mol. The molecule has 3 unspecified atom stereocenters. The summed E-state index contributed by atoms with van der Waals surface area (Å²) in [4.78, 5) is 18.6. The largest absolute Gasteiger partial charge is 0.480 e. The van der Waals surface area contributed by atoms with E-state index in [1.54, 1.807) is 20.2 Å². The molecule has 4 heterocycles. The standard InChI is InChI=1S/C39H51ClFN7O5/c1-38(49)20-47(13-14-52-21-38)35-33(36(42-2)51-4)34(29(41)17-26-27-19-43-46-30(27)18-28(40)32(26)23-8-9-23)44-37(45-35)53-22-39-10-5-7-31(39)48(12-6-11-39)24-15-25(16-24)50-3/h18-19,23-25,31,49H,2,5-17,20-22H2,1,3-4H3,(H,43,46)/b34-29-,36-33-. The van der Waals surface area contributed by atoms with Gasteiger partial charge in [-0.25, -0.2) is 9.38 Å². The second-order valence-corrected chi connectivity index (χ2v) is 16.4. The van der Waals surface area contributed by atoms with Crippen molar-refractivity contribution in [2.45, 2.75) is 101 Å². The number of hydrogen-bond donors (Lipinski definition) is 2. The fraction of sp³-hybridized carbons (Fsp3) is 0.641. The fourth-order valence-electron chi connectivity index (χ4n) is 9.51. The minimum absolute atomic E-state index is 0.00300. The fourth-order valence-corrected chi connectivity index (χ4v) is 9.89. The van der Waals surface area contributed by atoms with Gasteiger partial charge in [0.2, 0.25) is 5.88 Å². The number of ether oxygens (including phenoxy) is 4. The van der Waals surface area contributed by atoms with Gasteiger partial charge in [0.15, 0.2) is 0 Å². The Morgan fingerprint density at radius 1 is 1.19 bits per heavy atom. The molecule has 1 aromatic carbocycles. The number of aromatic amines is 1. The van der Waals surface area contributed by atoms with Gasteiger partial charge in [-0.3, -0.25) is 10.00 Å². The van der Waals surface area contributed by atoms with Crippen molar-refractivity contribution in [3.63, 3.8) is 0 Å². The highest BCUT2D eigenvalue weighted by Crippen LogP contribution is 2.50. The maximum absolute atomic E-state index is 17.4. The lowest BCUT2D eigenvalue weighted by molar-refractivity contribution is -0.0845. The number of halogens is 2. The third-order valence-corrected chi connectivity index (χ3v) is 12.6. The summed E-state index contributed by atoms with van der Waals surface area (Å²) in [6.07, 6.45) is 11.6. The maximum Gasteiger partial charge on any atom is 0.319 e. The Hall–Kier alpha value is -3.36. The number of methoxy groups -OCH3 is 2. The van der Waals surface area contributed by atoms with Crippen LogP contribution in [0.4, 0.5) is 10.2 Å². The summed E-state index contributed by atoms with van der Waals surface area (Å²) in [7, 11) is 3.26. The van der Waals surface area contributed by atoms with Crippen molar-refractivity contribution in [3.05, 3.63) is 39.0 Å². The maximum atomic E-state index is 17.4. The van der Waals surface area contributed by atoms with Crippen LogP contribution in [0.5, 0.6) is 6.01 Å². The van der Waals surface area contributed by atoms with E-state index in [0.717, 1.165) is 86.4 Å². The minimum atomic E-state index is -1.20. The van der Waals surface area contributed by atoms with Gasteiger partial charge in [-0.05, 0) is 94.7 Å². The number of aliphatic imine (C=N–C) groups is 1. The van der Waals surface area contributed by atoms with Gasteiger partial charge in [-0.1, -0.05) is 18.0 Å². The molecular weight excluding hydrogens is 701 g/mol. The van der Waals surface area contributed by atoms with Crippen LogP contribution in [0.1, 0.15) is 81.8 Å². The molecule has 3 aromatic rings. The van der Waals surface area contributed by atoms with E-state index in [0.29, 0.717) is 48.8 Å². The molecule has 2 saturated heterocycles. The number of piperidine rings is 1. The third kappa shape index (κ3) is 7.03. The summed E-state index contributed by atoms with van der Waals surface area (Å²) in [6.45, 7) is 8.01. The van der Waals surface area contributed by atoms with Crippen molar-refractivity contribution in [2.24, 2.45) is 10.4 Å². The van der Waals surface area contributed by atoms with Gasteiger partial charge in [0, 0.05) is 48.0 Å². The first-order chi connectivity index (χ1) is 25.6. The normalized spacial score (nSPS) is 30.4. The molecule has 14 heteroatoms. The summed E-state index contributed by atoms with van der Waals surface area (Å²) >= 11 is 6.84. The zero-order chi connectivity index (χ0) is 36.9. The Kier molecular flexibility index (Phi) is 10.2. The van der Waals surface area contributed by atoms with Gasteiger partial charge in [0.05, 0.1) is 51.3 Å². The Labute approximate surface area is 314 Å². The van der Waals surface area contributed by atoms with Crippen LogP contribution in [0.15, 0.2) is 17.3 Å². The molecule has 3 saturated carbocycles. The number of likely N-dealkylation sites (tertiary alicyclic amines) is 1. The van der Waals surface area contributed by atoms with Crippen LogP contribution in [-0.2, 0) is 20.6 Å². The van der Waals surface area contributed by atoms with Gasteiger partial charge in [0.1, 0.15) is 27.8 Å². The number of nitrogens with zero attached hydrogens (tertiary/aromatic N) is 6. The SMILES string of the molecule is C=N/C(OC)=c1/c(N2CCOCC(C)(O)C2)nc(OCC23CCCC2N(C2CC(OC)C2)CCC3)n/c1=C(\F)Cc1c(C2CC2)c(Cl)cc2[nH]ncc12. The van der Waals surface area contributed by atoms with E-state index in [1.807, 2.05) is 11.0 Å². The number of β-amino-alcohol motifs (C(OH)–C–C–N with tert-alkyl or cyclic N) is 1. The first-order valence-corrected chi connectivity index (χ1v) is 19.4. The molecule has 0 bridgehead atoms. The zero-order valence-electron chi connectivity index (χ0n) is 31.0. The highest BCUT2D eigenvalue weighted by atomic mass is 35.5. The topological polar surface area (TPSA) is 130 Å². The number of hydrogen-bond acceptors (Lipinski definition) is 11. The predicted octanol–water partition coefficient (Wildman–Crippen LogP) is 4.40. The molecule has 0 amide bonds. The van der Waals surface area contributed by atoms with Crippen molar-refractivity contribution in [2.75, 3.05) is 58.6 Å². The molecule has 2 aromatic heterocycles. The van der Waals surface area contributed by atoms with Gasteiger partial charge in [-0.2, -0.15) is 15.1 Å². The first kappa shape index (κ1) is 36.6. The Morgan fingerprint density at radius 2 is 2.00 bits per heavy atom. The lowest BCUT2D eigenvalue weighted by atomic mass is 9.73. The van der Waals surface area contributed by atoms with E-state index in [9.17, 15) is 5.11 Å². The smallest absolute Gasteiger partial charge is 0.319 e. The van der Waals surface area contributed by atoms with Crippen molar-refractivity contribution >= 4 is 46.7 Å². The molecular formula is C39H51ClFN7O5. The number of H-pyrrole nitrogens is 1. The highest BCUT2D eigenvalue weighted by Gasteiger charge is 2.52. The van der Waals surface area contributed by atoms with E-state index in [4.69, 9.17) is 40.5 Å². The summed E-state index contributed by atoms with van der Waals surface area (Å²) in [5, 5.41) is 20.1. The number of aliphatic hydroxyl groups is 1. The van der Waals surface area contributed by atoms with Crippen molar-refractivity contribution < 1.29 is 28.4 Å². The number of rotatable bonds is 11. The molecule has 0 spiro atoms. The molecule has 0 radical (unpaired) electrons. The van der Waals surface area contributed by atoms with Crippen LogP contribution in [0.3, 0.4) is 0 Å². The molecule has 286 valence electrons. The van der Waals surface area contributed by atoms with Gasteiger partial charge in [0.25, 0.3) is 0 Å². The Morgan fingerprint density at radius 3 is 2.75 bits per heavy atom. The van der Waals surface area contributed by atoms with Crippen LogP contribution in [-0.4, -0.2) is 114 Å². The van der Waals surface area contributed by atoms with Crippen LogP contribution >= 0.6 is 11.6 Å². The number of fused-ring (bicyclic) bond motifs is 2. The molecule has 5 fully saturated rings. The van der Waals surface area contributed by atoms with Crippen molar-refractivity contribution in [3.8, 4) is 6.01 Å². The van der Waals surface area contributed by atoms with Crippen LogP contribution in [0, 0.1) is 5.41 Å². The van der Waals surface area contributed by atoms with E-state index in [-0.39, 0.29) is 53.4 Å². The summed E-state index contributed by atoms with van der Waals surface area (Å²) in [5.74, 6) is 0.140. The van der Waals surface area contributed by atoms with Crippen LogP contribution in [0.25, 0.3) is 22.6 Å². The van der Waals surface area contributed by atoms with Crippen molar-refractivity contribution in [1.82, 2.24) is 25.1 Å². The van der Waals surface area contributed by atoms with Crippen LogP contribution < -0.4 is 20.2 Å². The van der Waals surface area contributed by atoms with E-state index >= 15 is 4.39 Å². The zero-order valence-corrected chi connectivity index (χ0v) is 31.8. The van der Waals surface area contributed by atoms with E-state index in [2.05, 4.69) is 26.8 Å².